The second-order valence-electron chi connectivity index (χ2n) is 5.52. The maximum absolute atomic E-state index is 12.7. The van der Waals surface area contributed by atoms with Crippen LogP contribution in [0.15, 0.2) is 22.3 Å². The number of rotatable bonds is 2. The Balaban J connectivity index is 1.56. The number of furan rings is 1. The number of hydrogen-bond acceptors (Lipinski definition) is 6. The van der Waals surface area contributed by atoms with Crippen LogP contribution in [0, 0.1) is 6.92 Å². The summed E-state index contributed by atoms with van der Waals surface area (Å²) in [6.45, 7) is 3.58. The van der Waals surface area contributed by atoms with E-state index in [1.54, 1.807) is 29.2 Å². The van der Waals surface area contributed by atoms with Crippen molar-refractivity contribution in [2.24, 2.45) is 0 Å². The molecular formula is C14H16N4O2S. The molecule has 0 bridgehead atoms. The Morgan fingerprint density at radius 3 is 2.95 bits per heavy atom. The van der Waals surface area contributed by atoms with Gasteiger partial charge in [-0.25, -0.2) is 0 Å². The lowest BCUT2D eigenvalue weighted by atomic mass is 10.1. The van der Waals surface area contributed by atoms with Crippen molar-refractivity contribution in [1.29, 1.82) is 0 Å². The van der Waals surface area contributed by atoms with Crippen LogP contribution in [0.3, 0.4) is 0 Å². The highest BCUT2D eigenvalue weighted by Crippen LogP contribution is 2.36. The number of hydrogen-bond donors (Lipinski definition) is 0. The van der Waals surface area contributed by atoms with E-state index in [0.717, 1.165) is 31.1 Å². The monoisotopic (exact) mass is 304 g/mol. The Bertz CT molecular complexity index is 654. The van der Waals surface area contributed by atoms with Crippen molar-refractivity contribution in [2.75, 3.05) is 18.0 Å². The number of anilines is 1. The molecule has 6 nitrogen and oxygen atoms in total. The Hall–Kier alpha value is -1.89. The normalized spacial score (nSPS) is 24.6. The zero-order valence-corrected chi connectivity index (χ0v) is 12.5. The van der Waals surface area contributed by atoms with Crippen LogP contribution in [0.1, 0.15) is 29.0 Å². The third kappa shape index (κ3) is 1.95. The van der Waals surface area contributed by atoms with Gasteiger partial charge < -0.3 is 14.2 Å². The van der Waals surface area contributed by atoms with Crippen molar-refractivity contribution in [3.63, 3.8) is 0 Å². The lowest BCUT2D eigenvalue weighted by Crippen LogP contribution is -2.39. The molecule has 2 aromatic rings. The number of fused-ring (bicyclic) bond motifs is 1. The van der Waals surface area contributed by atoms with Crippen molar-refractivity contribution in [3.05, 3.63) is 29.2 Å². The SMILES string of the molecule is Cc1occc1C(=O)N1CC[C@H]2[C@H]1CCN2c1nncs1. The standard InChI is InChI=1S/C14H16N4O2S/c1-9-10(4-7-20-9)13(19)17-5-2-12-11(17)3-6-18(12)14-16-15-8-21-14/h4,7-8,11-12H,2-3,5-6H2,1H3/t11-,12+/m1/s1. The number of aromatic nitrogens is 2. The van der Waals surface area contributed by atoms with E-state index < -0.39 is 0 Å². The summed E-state index contributed by atoms with van der Waals surface area (Å²) in [6, 6.07) is 2.41. The van der Waals surface area contributed by atoms with Gasteiger partial charge in [-0.2, -0.15) is 0 Å². The van der Waals surface area contributed by atoms with E-state index in [9.17, 15) is 4.79 Å². The Morgan fingerprint density at radius 1 is 1.38 bits per heavy atom. The molecule has 2 saturated heterocycles. The molecule has 21 heavy (non-hydrogen) atoms. The molecule has 1 amide bonds. The van der Waals surface area contributed by atoms with Crippen molar-refractivity contribution in [2.45, 2.75) is 31.8 Å². The molecule has 2 aliphatic heterocycles. The fourth-order valence-corrected chi connectivity index (χ4v) is 4.17. The molecule has 0 unspecified atom stereocenters. The first-order chi connectivity index (χ1) is 10.3. The number of carbonyl (C=O) groups excluding carboxylic acids is 1. The van der Waals surface area contributed by atoms with Crippen LogP contribution in [-0.4, -0.2) is 46.2 Å². The van der Waals surface area contributed by atoms with E-state index in [-0.39, 0.29) is 11.9 Å². The number of carbonyl (C=O) groups is 1. The van der Waals surface area contributed by atoms with Gasteiger partial charge in [-0.05, 0) is 25.8 Å². The molecule has 2 aliphatic rings. The Labute approximate surface area is 126 Å². The minimum atomic E-state index is 0.0906. The molecule has 0 radical (unpaired) electrons. The van der Waals surface area contributed by atoms with Crippen LogP contribution < -0.4 is 4.90 Å². The zero-order valence-electron chi connectivity index (χ0n) is 11.7. The summed E-state index contributed by atoms with van der Waals surface area (Å²) in [5, 5.41) is 9.06. The summed E-state index contributed by atoms with van der Waals surface area (Å²) in [6.07, 6.45) is 3.57. The molecule has 0 N–H and O–H groups in total. The van der Waals surface area contributed by atoms with Crippen LogP contribution in [-0.2, 0) is 0 Å². The molecule has 110 valence electrons. The molecule has 7 heteroatoms. The highest BCUT2D eigenvalue weighted by Gasteiger charge is 2.45. The minimum absolute atomic E-state index is 0.0906. The van der Waals surface area contributed by atoms with Gasteiger partial charge in [-0.1, -0.05) is 11.3 Å². The summed E-state index contributed by atoms with van der Waals surface area (Å²) < 4.78 is 5.26. The first-order valence-electron chi connectivity index (χ1n) is 7.13. The van der Waals surface area contributed by atoms with E-state index in [4.69, 9.17) is 4.42 Å². The van der Waals surface area contributed by atoms with E-state index in [0.29, 0.717) is 17.4 Å². The molecule has 4 rings (SSSR count). The average molecular weight is 304 g/mol. The molecule has 2 atom stereocenters. The van der Waals surface area contributed by atoms with Crippen LogP contribution >= 0.6 is 11.3 Å². The quantitative estimate of drug-likeness (QED) is 0.848. The average Bonchev–Trinajstić information content (AvgIpc) is 3.22. The lowest BCUT2D eigenvalue weighted by Gasteiger charge is -2.25. The number of aryl methyl sites for hydroxylation is 1. The summed E-state index contributed by atoms with van der Waals surface area (Å²) in [5.74, 6) is 0.787. The maximum atomic E-state index is 12.7. The van der Waals surface area contributed by atoms with Gasteiger partial charge in [0, 0.05) is 13.1 Å². The summed E-state index contributed by atoms with van der Waals surface area (Å²) in [7, 11) is 0. The molecule has 4 heterocycles. The molecule has 0 aliphatic carbocycles. The van der Waals surface area contributed by atoms with Crippen molar-refractivity contribution in [1.82, 2.24) is 15.1 Å². The Morgan fingerprint density at radius 2 is 2.24 bits per heavy atom. The van der Waals surface area contributed by atoms with E-state index in [1.165, 1.54) is 0 Å². The molecule has 0 spiro atoms. The smallest absolute Gasteiger partial charge is 0.257 e. The van der Waals surface area contributed by atoms with Gasteiger partial charge in [0.05, 0.1) is 23.9 Å². The fraction of sp³-hybridized carbons (Fsp3) is 0.500. The minimum Gasteiger partial charge on any atom is -0.469 e. The highest BCUT2D eigenvalue weighted by molar-refractivity contribution is 7.13. The number of amides is 1. The zero-order chi connectivity index (χ0) is 14.4. The molecular weight excluding hydrogens is 288 g/mol. The van der Waals surface area contributed by atoms with E-state index in [1.807, 2.05) is 11.8 Å². The van der Waals surface area contributed by atoms with E-state index >= 15 is 0 Å². The van der Waals surface area contributed by atoms with Crippen molar-refractivity contribution < 1.29 is 9.21 Å². The molecule has 2 fully saturated rings. The number of likely N-dealkylation sites (tertiary alicyclic amines) is 1. The van der Waals surface area contributed by atoms with Crippen LogP contribution in [0.4, 0.5) is 5.13 Å². The third-order valence-corrected chi connectivity index (χ3v) is 5.25. The third-order valence-electron chi connectivity index (χ3n) is 4.52. The molecule has 2 aromatic heterocycles. The predicted molar refractivity (Wildman–Crippen MR) is 78.5 cm³/mol. The van der Waals surface area contributed by atoms with E-state index in [2.05, 4.69) is 15.1 Å². The Kier molecular flexibility index (Phi) is 2.95. The van der Waals surface area contributed by atoms with Gasteiger partial charge in [-0.15, -0.1) is 10.2 Å². The molecule has 0 saturated carbocycles. The highest BCUT2D eigenvalue weighted by atomic mass is 32.1. The first kappa shape index (κ1) is 12.8. The second kappa shape index (κ2) is 4.84. The first-order valence-corrected chi connectivity index (χ1v) is 8.01. The van der Waals surface area contributed by atoms with Gasteiger partial charge in [0.25, 0.3) is 5.91 Å². The van der Waals surface area contributed by atoms with Crippen LogP contribution in [0.2, 0.25) is 0 Å². The summed E-state index contributed by atoms with van der Waals surface area (Å²) in [4.78, 5) is 17.0. The fourth-order valence-electron chi connectivity index (χ4n) is 3.53. The molecule has 0 aromatic carbocycles. The maximum Gasteiger partial charge on any atom is 0.257 e. The van der Waals surface area contributed by atoms with Crippen molar-refractivity contribution in [3.8, 4) is 0 Å². The van der Waals surface area contributed by atoms with Crippen LogP contribution in [0.5, 0.6) is 0 Å². The van der Waals surface area contributed by atoms with Gasteiger partial charge in [0.15, 0.2) is 0 Å². The summed E-state index contributed by atoms with van der Waals surface area (Å²) in [5.41, 5.74) is 2.44. The topological polar surface area (TPSA) is 62.5 Å². The van der Waals surface area contributed by atoms with Gasteiger partial charge in [0.1, 0.15) is 11.3 Å². The second-order valence-corrected chi connectivity index (χ2v) is 6.33. The van der Waals surface area contributed by atoms with Gasteiger partial charge in [-0.3, -0.25) is 4.79 Å². The van der Waals surface area contributed by atoms with Crippen LogP contribution in [0.25, 0.3) is 0 Å². The lowest BCUT2D eigenvalue weighted by molar-refractivity contribution is 0.0736. The summed E-state index contributed by atoms with van der Waals surface area (Å²) >= 11 is 1.56. The van der Waals surface area contributed by atoms with Crippen molar-refractivity contribution >= 4 is 22.4 Å². The largest absolute Gasteiger partial charge is 0.469 e. The number of nitrogens with zero attached hydrogens (tertiary/aromatic N) is 4. The van der Waals surface area contributed by atoms with Gasteiger partial charge in [0.2, 0.25) is 5.13 Å². The predicted octanol–water partition coefficient (Wildman–Crippen LogP) is 1.93. The van der Waals surface area contributed by atoms with Gasteiger partial charge >= 0.3 is 0 Å².